The first-order valence-corrected chi connectivity index (χ1v) is 8.52. The second-order valence-electron chi connectivity index (χ2n) is 5.92. The van der Waals surface area contributed by atoms with Gasteiger partial charge in [0.2, 0.25) is 12.4 Å². The zero-order valence-corrected chi connectivity index (χ0v) is 14.4. The van der Waals surface area contributed by atoms with Crippen LogP contribution in [0.25, 0.3) is 0 Å². The third-order valence-corrected chi connectivity index (χ3v) is 4.41. The molecular formula is C15H23N7O3. The molecule has 0 atom stereocenters. The maximum atomic E-state index is 11.8. The van der Waals surface area contributed by atoms with Gasteiger partial charge in [-0.05, 0) is 6.92 Å². The molecule has 2 fully saturated rings. The number of ether oxygens (including phenoxy) is 1. The molecule has 2 aliphatic rings. The summed E-state index contributed by atoms with van der Waals surface area (Å²) in [5, 5.41) is 8.21. The van der Waals surface area contributed by atoms with Gasteiger partial charge in [-0.3, -0.25) is 4.79 Å². The molecule has 0 bridgehead atoms. The van der Waals surface area contributed by atoms with Crippen molar-refractivity contribution in [3.8, 4) is 0 Å². The van der Waals surface area contributed by atoms with Crippen LogP contribution in [0.1, 0.15) is 6.92 Å². The summed E-state index contributed by atoms with van der Waals surface area (Å²) in [5.41, 5.74) is 0. The summed E-state index contributed by atoms with van der Waals surface area (Å²) in [7, 11) is 0. The largest absolute Gasteiger partial charge is 0.450 e. The molecule has 0 aromatic carbocycles. The van der Waals surface area contributed by atoms with E-state index in [4.69, 9.17) is 4.74 Å². The van der Waals surface area contributed by atoms with Gasteiger partial charge in [-0.2, -0.15) is 10.1 Å². The van der Waals surface area contributed by atoms with Crippen LogP contribution in [0.5, 0.6) is 0 Å². The minimum atomic E-state index is -0.275. The van der Waals surface area contributed by atoms with Crippen molar-refractivity contribution < 1.29 is 14.3 Å². The monoisotopic (exact) mass is 349 g/mol. The number of carbonyl (C=O) groups excluding carboxylic acids is 2. The van der Waals surface area contributed by atoms with Crippen LogP contribution < -0.4 is 9.80 Å². The Labute approximate surface area is 146 Å². The van der Waals surface area contributed by atoms with Crippen LogP contribution in [0, 0.1) is 0 Å². The zero-order valence-electron chi connectivity index (χ0n) is 14.4. The molecule has 10 nitrogen and oxygen atoms in total. The number of hydrogen-bond acceptors (Lipinski definition) is 8. The van der Waals surface area contributed by atoms with Gasteiger partial charge in [0.15, 0.2) is 5.82 Å². The number of amides is 2. The molecule has 136 valence electrons. The maximum Gasteiger partial charge on any atom is 0.409 e. The van der Waals surface area contributed by atoms with Crippen molar-refractivity contribution in [2.24, 2.45) is 0 Å². The van der Waals surface area contributed by atoms with Gasteiger partial charge in [0, 0.05) is 52.4 Å². The van der Waals surface area contributed by atoms with Crippen LogP contribution in [0.15, 0.2) is 6.20 Å². The maximum absolute atomic E-state index is 11.8. The molecular weight excluding hydrogens is 326 g/mol. The number of hydrogen-bond donors (Lipinski definition) is 0. The minimum absolute atomic E-state index is 0.275. The lowest BCUT2D eigenvalue weighted by Crippen LogP contribution is -2.49. The Balaban J connectivity index is 1.59. The van der Waals surface area contributed by atoms with Crippen molar-refractivity contribution in [1.29, 1.82) is 0 Å². The van der Waals surface area contributed by atoms with Gasteiger partial charge in [-0.15, -0.1) is 5.10 Å². The lowest BCUT2D eigenvalue weighted by molar-refractivity contribution is -0.118. The van der Waals surface area contributed by atoms with E-state index in [2.05, 4.69) is 20.1 Å². The Morgan fingerprint density at radius 1 is 1.12 bits per heavy atom. The number of anilines is 2. The van der Waals surface area contributed by atoms with Crippen LogP contribution in [0.4, 0.5) is 16.6 Å². The standard InChI is InChI=1S/C15H23N7O3/c1-2-25-15(24)22-9-7-21(8-10-22)14-17-13(11-16-18-14)20-5-3-19(12-23)4-6-20/h11-12H,2-10H2,1H3. The van der Waals surface area contributed by atoms with Crippen LogP contribution in [0.3, 0.4) is 0 Å². The molecule has 1 aromatic heterocycles. The van der Waals surface area contributed by atoms with Gasteiger partial charge in [0.25, 0.3) is 0 Å². The Bertz CT molecular complexity index is 599. The molecule has 1 aromatic rings. The van der Waals surface area contributed by atoms with Crippen LogP contribution in [-0.4, -0.2) is 96.4 Å². The highest BCUT2D eigenvalue weighted by atomic mass is 16.6. The zero-order chi connectivity index (χ0) is 17.6. The van der Waals surface area contributed by atoms with E-state index in [-0.39, 0.29) is 6.09 Å². The van der Waals surface area contributed by atoms with Crippen LogP contribution in [-0.2, 0) is 9.53 Å². The van der Waals surface area contributed by atoms with E-state index in [1.54, 1.807) is 22.9 Å². The number of carbonyl (C=O) groups is 2. The fourth-order valence-electron chi connectivity index (χ4n) is 2.93. The third-order valence-electron chi connectivity index (χ3n) is 4.41. The smallest absolute Gasteiger partial charge is 0.409 e. The Morgan fingerprint density at radius 2 is 1.80 bits per heavy atom. The third kappa shape index (κ3) is 4.06. The van der Waals surface area contributed by atoms with Crippen molar-refractivity contribution in [2.45, 2.75) is 6.92 Å². The second-order valence-corrected chi connectivity index (χ2v) is 5.92. The molecule has 3 heterocycles. The van der Waals surface area contributed by atoms with E-state index >= 15 is 0 Å². The van der Waals surface area contributed by atoms with E-state index in [0.29, 0.717) is 51.8 Å². The Kier molecular flexibility index (Phi) is 5.46. The Morgan fingerprint density at radius 3 is 2.44 bits per heavy atom. The lowest BCUT2D eigenvalue weighted by atomic mass is 10.3. The molecule has 0 radical (unpaired) electrons. The van der Waals surface area contributed by atoms with E-state index < -0.39 is 0 Å². The highest BCUT2D eigenvalue weighted by Crippen LogP contribution is 2.17. The summed E-state index contributed by atoms with van der Waals surface area (Å²) in [6.07, 6.45) is 2.25. The molecule has 25 heavy (non-hydrogen) atoms. The van der Waals surface area contributed by atoms with Crippen molar-refractivity contribution in [3.05, 3.63) is 6.20 Å². The fraction of sp³-hybridized carbons (Fsp3) is 0.667. The predicted octanol–water partition coefficient (Wildman–Crippen LogP) is -0.571. The van der Waals surface area contributed by atoms with Gasteiger partial charge in [0.05, 0.1) is 12.8 Å². The lowest BCUT2D eigenvalue weighted by Gasteiger charge is -2.35. The van der Waals surface area contributed by atoms with Crippen molar-refractivity contribution >= 4 is 24.3 Å². The molecule has 0 unspecified atom stereocenters. The minimum Gasteiger partial charge on any atom is -0.450 e. The van der Waals surface area contributed by atoms with Crippen LogP contribution in [0.2, 0.25) is 0 Å². The predicted molar refractivity (Wildman–Crippen MR) is 90.5 cm³/mol. The van der Waals surface area contributed by atoms with Gasteiger partial charge < -0.3 is 24.3 Å². The van der Waals surface area contributed by atoms with Gasteiger partial charge in [0.1, 0.15) is 0 Å². The van der Waals surface area contributed by atoms with Crippen molar-refractivity contribution in [2.75, 3.05) is 68.8 Å². The molecule has 0 N–H and O–H groups in total. The average molecular weight is 349 g/mol. The second kappa shape index (κ2) is 7.95. The molecule has 3 rings (SSSR count). The number of rotatable bonds is 4. The Hall–Kier alpha value is -2.65. The number of nitrogens with zero attached hydrogens (tertiary/aromatic N) is 7. The summed E-state index contributed by atoms with van der Waals surface area (Å²) in [6, 6.07) is 0. The number of aromatic nitrogens is 3. The molecule has 2 saturated heterocycles. The van der Waals surface area contributed by atoms with Crippen molar-refractivity contribution in [3.63, 3.8) is 0 Å². The highest BCUT2D eigenvalue weighted by molar-refractivity contribution is 5.68. The van der Waals surface area contributed by atoms with E-state index in [1.165, 1.54) is 0 Å². The summed E-state index contributed by atoms with van der Waals surface area (Å²) in [4.78, 5) is 34.7. The first-order chi connectivity index (χ1) is 12.2. The van der Waals surface area contributed by atoms with Crippen molar-refractivity contribution in [1.82, 2.24) is 25.0 Å². The number of piperazine rings is 2. The molecule has 2 amide bonds. The van der Waals surface area contributed by atoms with E-state index in [1.807, 2.05) is 4.90 Å². The summed E-state index contributed by atoms with van der Waals surface area (Å²) in [6.45, 7) is 7.43. The SMILES string of the molecule is CCOC(=O)N1CCN(c2nncc(N3CCN(C=O)CC3)n2)CC1. The molecule has 2 aliphatic heterocycles. The van der Waals surface area contributed by atoms with Crippen LogP contribution >= 0.6 is 0 Å². The summed E-state index contributed by atoms with van der Waals surface area (Å²) in [5.74, 6) is 1.34. The first-order valence-electron chi connectivity index (χ1n) is 8.52. The quantitative estimate of drug-likeness (QED) is 0.667. The van der Waals surface area contributed by atoms with Gasteiger partial charge in [-0.1, -0.05) is 0 Å². The topological polar surface area (TPSA) is 95.0 Å². The van der Waals surface area contributed by atoms with E-state index in [0.717, 1.165) is 25.3 Å². The van der Waals surface area contributed by atoms with Gasteiger partial charge in [-0.25, -0.2) is 4.79 Å². The summed E-state index contributed by atoms with van der Waals surface area (Å²) >= 11 is 0. The highest BCUT2D eigenvalue weighted by Gasteiger charge is 2.24. The molecule has 0 spiro atoms. The fourth-order valence-corrected chi connectivity index (χ4v) is 2.93. The molecule has 0 aliphatic carbocycles. The molecule has 0 saturated carbocycles. The average Bonchev–Trinajstić information content (AvgIpc) is 2.68. The molecule has 10 heteroatoms. The first kappa shape index (κ1) is 17.2. The normalized spacial score (nSPS) is 18.3. The summed E-state index contributed by atoms with van der Waals surface area (Å²) < 4.78 is 5.03. The van der Waals surface area contributed by atoms with E-state index in [9.17, 15) is 9.59 Å². The van der Waals surface area contributed by atoms with Gasteiger partial charge >= 0.3 is 6.09 Å².